The summed E-state index contributed by atoms with van der Waals surface area (Å²) in [5.74, 6) is 0.0672. The van der Waals surface area contributed by atoms with Crippen LogP contribution in [0.1, 0.15) is 47.6 Å². The summed E-state index contributed by atoms with van der Waals surface area (Å²) >= 11 is 6.00. The van der Waals surface area contributed by atoms with Crippen LogP contribution in [-0.4, -0.2) is 29.8 Å². The van der Waals surface area contributed by atoms with E-state index < -0.39 is 0 Å². The molecule has 1 fully saturated rings. The van der Waals surface area contributed by atoms with Gasteiger partial charge in [0, 0.05) is 29.4 Å². The van der Waals surface area contributed by atoms with Gasteiger partial charge in [0.05, 0.1) is 12.5 Å². The molecule has 2 aliphatic rings. The third kappa shape index (κ3) is 3.10. The number of amides is 2. The van der Waals surface area contributed by atoms with Crippen molar-refractivity contribution in [2.75, 3.05) is 18.0 Å². The number of carbonyl (C=O) groups is 2. The average molecular weight is 369 g/mol. The van der Waals surface area contributed by atoms with Crippen LogP contribution in [0.3, 0.4) is 0 Å². The van der Waals surface area contributed by atoms with Crippen LogP contribution in [0.5, 0.6) is 0 Å². The summed E-state index contributed by atoms with van der Waals surface area (Å²) in [6.07, 6.45) is 3.62. The van der Waals surface area contributed by atoms with Crippen LogP contribution in [0.15, 0.2) is 48.5 Å². The summed E-state index contributed by atoms with van der Waals surface area (Å²) in [5.41, 5.74) is 2.38. The zero-order valence-electron chi connectivity index (χ0n) is 14.5. The minimum Gasteiger partial charge on any atom is -0.343 e. The highest BCUT2D eigenvalue weighted by atomic mass is 35.5. The maximum atomic E-state index is 13.0. The van der Waals surface area contributed by atoms with Crippen LogP contribution < -0.4 is 4.90 Å². The van der Waals surface area contributed by atoms with Crippen molar-refractivity contribution in [3.63, 3.8) is 0 Å². The van der Waals surface area contributed by atoms with Crippen LogP contribution in [-0.2, 0) is 4.79 Å². The quantitative estimate of drug-likeness (QED) is 0.803. The van der Waals surface area contributed by atoms with E-state index in [1.165, 1.54) is 6.42 Å². The molecule has 2 aromatic carbocycles. The van der Waals surface area contributed by atoms with Gasteiger partial charge in [-0.15, -0.1) is 0 Å². The van der Waals surface area contributed by atoms with Gasteiger partial charge in [-0.05, 0) is 55.2 Å². The van der Waals surface area contributed by atoms with E-state index in [2.05, 4.69) is 0 Å². The van der Waals surface area contributed by atoms with Crippen LogP contribution in [0.2, 0.25) is 5.02 Å². The number of benzene rings is 2. The van der Waals surface area contributed by atoms with Crippen LogP contribution in [0, 0.1) is 0 Å². The van der Waals surface area contributed by atoms with E-state index in [0.29, 0.717) is 17.0 Å². The second-order valence-electron chi connectivity index (χ2n) is 6.90. The number of nitrogens with zero attached hydrogens (tertiary/aromatic N) is 2. The number of piperidine rings is 1. The molecule has 5 heteroatoms. The molecule has 0 N–H and O–H groups in total. The molecule has 1 atom stereocenters. The first-order valence-corrected chi connectivity index (χ1v) is 9.49. The first-order chi connectivity index (χ1) is 12.6. The number of fused-ring (bicyclic) bond motifs is 1. The SMILES string of the molecule is O=C(CC1c2ccccc2C(=O)N1c1ccc(Cl)cc1)N1CCCCC1. The molecule has 4 nitrogen and oxygen atoms in total. The van der Waals surface area contributed by atoms with E-state index in [-0.39, 0.29) is 17.9 Å². The van der Waals surface area contributed by atoms with E-state index in [1.807, 2.05) is 41.3 Å². The summed E-state index contributed by atoms with van der Waals surface area (Å²) in [6.45, 7) is 1.64. The minimum atomic E-state index is -0.269. The summed E-state index contributed by atoms with van der Waals surface area (Å²) in [6, 6.07) is 14.5. The van der Waals surface area contributed by atoms with Gasteiger partial charge in [-0.25, -0.2) is 0 Å². The fourth-order valence-corrected chi connectivity index (χ4v) is 4.06. The van der Waals surface area contributed by atoms with Crippen molar-refractivity contribution in [1.29, 1.82) is 0 Å². The molecular formula is C21H21ClN2O2. The predicted molar refractivity (Wildman–Crippen MR) is 102 cm³/mol. The highest BCUT2D eigenvalue weighted by Crippen LogP contribution is 2.40. The van der Waals surface area contributed by atoms with Crippen molar-refractivity contribution >= 4 is 29.1 Å². The molecule has 26 heavy (non-hydrogen) atoms. The summed E-state index contributed by atoms with van der Waals surface area (Å²) in [5, 5.41) is 0.624. The van der Waals surface area contributed by atoms with Crippen molar-refractivity contribution in [2.45, 2.75) is 31.7 Å². The molecule has 2 amide bonds. The van der Waals surface area contributed by atoms with Crippen molar-refractivity contribution < 1.29 is 9.59 Å². The van der Waals surface area contributed by atoms with Crippen molar-refractivity contribution in [3.8, 4) is 0 Å². The fraction of sp³-hybridized carbons (Fsp3) is 0.333. The zero-order chi connectivity index (χ0) is 18.1. The molecule has 1 unspecified atom stereocenters. The molecule has 0 aromatic heterocycles. The lowest BCUT2D eigenvalue weighted by atomic mass is 10.0. The van der Waals surface area contributed by atoms with E-state index in [1.54, 1.807) is 17.0 Å². The van der Waals surface area contributed by atoms with E-state index in [9.17, 15) is 9.59 Å². The molecule has 134 valence electrons. The molecule has 0 bridgehead atoms. The number of hydrogen-bond acceptors (Lipinski definition) is 2. The van der Waals surface area contributed by atoms with Crippen molar-refractivity contribution in [1.82, 2.24) is 4.90 Å². The second-order valence-corrected chi connectivity index (χ2v) is 7.34. The lowest BCUT2D eigenvalue weighted by Crippen LogP contribution is -2.38. The first-order valence-electron chi connectivity index (χ1n) is 9.11. The Kier molecular flexibility index (Phi) is 4.68. The molecule has 2 heterocycles. The van der Waals surface area contributed by atoms with Gasteiger partial charge in [0.1, 0.15) is 0 Å². The van der Waals surface area contributed by atoms with Crippen molar-refractivity contribution in [2.24, 2.45) is 0 Å². The van der Waals surface area contributed by atoms with E-state index in [0.717, 1.165) is 37.2 Å². The topological polar surface area (TPSA) is 40.6 Å². The van der Waals surface area contributed by atoms with Gasteiger partial charge >= 0.3 is 0 Å². The molecule has 0 aliphatic carbocycles. The Morgan fingerprint density at radius 3 is 2.42 bits per heavy atom. The Morgan fingerprint density at radius 1 is 1.00 bits per heavy atom. The molecule has 0 spiro atoms. The highest BCUT2D eigenvalue weighted by molar-refractivity contribution is 6.30. The lowest BCUT2D eigenvalue weighted by molar-refractivity contribution is -0.132. The van der Waals surface area contributed by atoms with E-state index >= 15 is 0 Å². The second kappa shape index (κ2) is 7.12. The summed E-state index contributed by atoms with van der Waals surface area (Å²) in [4.78, 5) is 29.6. The van der Waals surface area contributed by atoms with Gasteiger partial charge in [0.2, 0.25) is 5.91 Å². The third-order valence-corrected chi connectivity index (χ3v) is 5.51. The largest absolute Gasteiger partial charge is 0.343 e. The summed E-state index contributed by atoms with van der Waals surface area (Å²) < 4.78 is 0. The smallest absolute Gasteiger partial charge is 0.259 e. The van der Waals surface area contributed by atoms with E-state index in [4.69, 9.17) is 11.6 Å². The highest BCUT2D eigenvalue weighted by Gasteiger charge is 2.39. The lowest BCUT2D eigenvalue weighted by Gasteiger charge is -2.30. The number of hydrogen-bond donors (Lipinski definition) is 0. The maximum absolute atomic E-state index is 13.0. The molecule has 0 saturated carbocycles. The Bertz CT molecular complexity index is 828. The molecule has 0 radical (unpaired) electrons. The minimum absolute atomic E-state index is 0.0561. The normalized spacial score (nSPS) is 19.6. The standard InChI is InChI=1S/C21H21ClN2O2/c22-15-8-10-16(11-9-15)24-19(14-20(25)23-12-4-1-5-13-23)17-6-2-3-7-18(17)21(24)26/h2-3,6-11,19H,1,4-5,12-14H2. The Hall–Kier alpha value is -2.33. The van der Waals surface area contributed by atoms with Crippen LogP contribution in [0.4, 0.5) is 5.69 Å². The number of likely N-dealkylation sites (tertiary alicyclic amines) is 1. The molecule has 1 saturated heterocycles. The number of halogens is 1. The molecular weight excluding hydrogens is 348 g/mol. The fourth-order valence-electron chi connectivity index (χ4n) is 3.93. The molecule has 4 rings (SSSR count). The maximum Gasteiger partial charge on any atom is 0.259 e. The van der Waals surface area contributed by atoms with Gasteiger partial charge < -0.3 is 9.80 Å². The molecule has 2 aromatic rings. The number of anilines is 1. The van der Waals surface area contributed by atoms with Gasteiger partial charge in [-0.3, -0.25) is 9.59 Å². The van der Waals surface area contributed by atoms with Crippen LogP contribution in [0.25, 0.3) is 0 Å². The Labute approximate surface area is 158 Å². The Morgan fingerprint density at radius 2 is 1.69 bits per heavy atom. The monoisotopic (exact) mass is 368 g/mol. The Balaban J connectivity index is 1.66. The number of carbonyl (C=O) groups excluding carboxylic acids is 2. The summed E-state index contributed by atoms with van der Waals surface area (Å²) in [7, 11) is 0. The number of rotatable bonds is 3. The van der Waals surface area contributed by atoms with Crippen LogP contribution >= 0.6 is 11.6 Å². The van der Waals surface area contributed by atoms with Gasteiger partial charge in [0.25, 0.3) is 5.91 Å². The van der Waals surface area contributed by atoms with Gasteiger partial charge in [-0.2, -0.15) is 0 Å². The molecule has 2 aliphatic heterocycles. The van der Waals surface area contributed by atoms with Gasteiger partial charge in [-0.1, -0.05) is 29.8 Å². The first kappa shape index (κ1) is 17.1. The third-order valence-electron chi connectivity index (χ3n) is 5.26. The van der Waals surface area contributed by atoms with Crippen molar-refractivity contribution in [3.05, 3.63) is 64.7 Å². The zero-order valence-corrected chi connectivity index (χ0v) is 15.3. The predicted octanol–water partition coefficient (Wildman–Crippen LogP) is 4.44. The average Bonchev–Trinajstić information content (AvgIpc) is 2.95. The van der Waals surface area contributed by atoms with Gasteiger partial charge in [0.15, 0.2) is 0 Å².